The molecule has 0 radical (unpaired) electrons. The zero-order chi connectivity index (χ0) is 8.15. The van der Waals surface area contributed by atoms with Crippen LogP contribution in [0.5, 0.6) is 0 Å². The Morgan fingerprint density at radius 1 is 1.40 bits per heavy atom. The van der Waals surface area contributed by atoms with Gasteiger partial charge in [0.15, 0.2) is 0 Å². The van der Waals surface area contributed by atoms with E-state index in [2.05, 4.69) is 6.58 Å². The Balaban J connectivity index is 3.95. The lowest BCUT2D eigenvalue weighted by Crippen LogP contribution is -2.34. The SMILES string of the molecule is C#C[C@H](O)[C@@H](O)[C@H](O)C=C. The molecule has 0 rings (SSSR count). The number of rotatable bonds is 3. The summed E-state index contributed by atoms with van der Waals surface area (Å²) in [5.74, 6) is 1.88. The lowest BCUT2D eigenvalue weighted by atomic mass is 10.1. The molecule has 10 heavy (non-hydrogen) atoms. The highest BCUT2D eigenvalue weighted by molar-refractivity contribution is 5.02. The average Bonchev–Trinajstić information content (AvgIpc) is 2.00. The van der Waals surface area contributed by atoms with Crippen molar-refractivity contribution >= 4 is 0 Å². The molecule has 3 heteroatoms. The average molecular weight is 142 g/mol. The second kappa shape index (κ2) is 4.07. The fourth-order valence-corrected chi connectivity index (χ4v) is 0.425. The molecule has 0 aromatic heterocycles. The van der Waals surface area contributed by atoms with Crippen LogP contribution in [0, 0.1) is 12.3 Å². The van der Waals surface area contributed by atoms with Gasteiger partial charge in [-0.05, 0) is 0 Å². The normalized spacial score (nSPS) is 18.6. The van der Waals surface area contributed by atoms with Crippen molar-refractivity contribution in [2.45, 2.75) is 18.3 Å². The molecule has 0 aliphatic carbocycles. The van der Waals surface area contributed by atoms with Crippen LogP contribution in [0.25, 0.3) is 0 Å². The maximum absolute atomic E-state index is 8.87. The first kappa shape index (κ1) is 9.18. The zero-order valence-corrected chi connectivity index (χ0v) is 5.44. The highest BCUT2D eigenvalue weighted by Crippen LogP contribution is 1.99. The van der Waals surface area contributed by atoms with Crippen molar-refractivity contribution in [3.05, 3.63) is 12.7 Å². The Morgan fingerprint density at radius 3 is 2.20 bits per heavy atom. The molecule has 0 heterocycles. The van der Waals surface area contributed by atoms with Gasteiger partial charge in [-0.2, -0.15) is 0 Å². The van der Waals surface area contributed by atoms with Gasteiger partial charge in [-0.3, -0.25) is 0 Å². The van der Waals surface area contributed by atoms with E-state index in [1.807, 2.05) is 5.92 Å². The molecule has 3 atom stereocenters. The first-order valence-corrected chi connectivity index (χ1v) is 2.76. The predicted molar refractivity (Wildman–Crippen MR) is 37.1 cm³/mol. The van der Waals surface area contributed by atoms with Crippen molar-refractivity contribution in [2.75, 3.05) is 0 Å². The van der Waals surface area contributed by atoms with Crippen molar-refractivity contribution in [3.63, 3.8) is 0 Å². The van der Waals surface area contributed by atoms with E-state index < -0.39 is 18.3 Å². The van der Waals surface area contributed by atoms with Crippen LogP contribution < -0.4 is 0 Å². The number of hydrogen-bond acceptors (Lipinski definition) is 3. The molecule has 3 nitrogen and oxygen atoms in total. The third-order valence-corrected chi connectivity index (χ3v) is 1.09. The molecule has 0 aliphatic heterocycles. The molecule has 0 saturated heterocycles. The molecule has 0 unspecified atom stereocenters. The predicted octanol–water partition coefficient (Wildman–Crippen LogP) is -1.11. The number of aliphatic hydroxyl groups excluding tert-OH is 3. The molecule has 0 bridgehead atoms. The molecule has 0 saturated carbocycles. The molecule has 0 amide bonds. The molecule has 3 N–H and O–H groups in total. The molecule has 0 fully saturated rings. The summed E-state index contributed by atoms with van der Waals surface area (Å²) in [6.07, 6.45) is 2.00. The molecule has 0 aromatic rings. The van der Waals surface area contributed by atoms with Gasteiger partial charge in [0, 0.05) is 0 Å². The van der Waals surface area contributed by atoms with E-state index in [4.69, 9.17) is 21.7 Å². The van der Waals surface area contributed by atoms with Crippen LogP contribution in [-0.4, -0.2) is 33.6 Å². The summed E-state index contributed by atoms with van der Waals surface area (Å²) in [5, 5.41) is 26.4. The Kier molecular flexibility index (Phi) is 3.74. The van der Waals surface area contributed by atoms with Gasteiger partial charge in [0.2, 0.25) is 0 Å². The van der Waals surface area contributed by atoms with Gasteiger partial charge in [0.25, 0.3) is 0 Å². The van der Waals surface area contributed by atoms with E-state index in [1.54, 1.807) is 0 Å². The van der Waals surface area contributed by atoms with Crippen molar-refractivity contribution in [2.24, 2.45) is 0 Å². The monoisotopic (exact) mass is 142 g/mol. The lowest BCUT2D eigenvalue weighted by Gasteiger charge is -2.15. The summed E-state index contributed by atoms with van der Waals surface area (Å²) in [4.78, 5) is 0. The van der Waals surface area contributed by atoms with Gasteiger partial charge < -0.3 is 15.3 Å². The Bertz CT molecular complexity index is 147. The van der Waals surface area contributed by atoms with Gasteiger partial charge in [-0.1, -0.05) is 12.0 Å². The maximum Gasteiger partial charge on any atom is 0.143 e. The minimum atomic E-state index is -1.34. The first-order valence-electron chi connectivity index (χ1n) is 2.76. The number of aliphatic hydroxyl groups is 3. The molecular formula is C7H10O3. The van der Waals surface area contributed by atoms with Gasteiger partial charge in [-0.25, -0.2) is 0 Å². The highest BCUT2D eigenvalue weighted by atomic mass is 16.4. The smallest absolute Gasteiger partial charge is 0.143 e. The van der Waals surface area contributed by atoms with E-state index >= 15 is 0 Å². The van der Waals surface area contributed by atoms with E-state index in [0.29, 0.717) is 0 Å². The zero-order valence-electron chi connectivity index (χ0n) is 5.44. The Hall–Kier alpha value is -0.820. The van der Waals surface area contributed by atoms with E-state index in [1.165, 1.54) is 0 Å². The van der Waals surface area contributed by atoms with Gasteiger partial charge >= 0.3 is 0 Å². The minimum Gasteiger partial charge on any atom is -0.386 e. The largest absolute Gasteiger partial charge is 0.386 e. The first-order chi connectivity index (χ1) is 4.63. The van der Waals surface area contributed by atoms with Gasteiger partial charge in [0.1, 0.15) is 18.3 Å². The van der Waals surface area contributed by atoms with Crippen molar-refractivity contribution < 1.29 is 15.3 Å². The molecule has 0 aromatic carbocycles. The van der Waals surface area contributed by atoms with Crippen LogP contribution >= 0.6 is 0 Å². The summed E-state index contributed by atoms with van der Waals surface area (Å²) in [7, 11) is 0. The van der Waals surface area contributed by atoms with Crippen LogP contribution in [0.3, 0.4) is 0 Å². The van der Waals surface area contributed by atoms with Crippen LogP contribution in [0.2, 0.25) is 0 Å². The van der Waals surface area contributed by atoms with E-state index in [0.717, 1.165) is 6.08 Å². The van der Waals surface area contributed by atoms with E-state index in [9.17, 15) is 0 Å². The molecular weight excluding hydrogens is 132 g/mol. The molecule has 0 spiro atoms. The Labute approximate surface area is 59.6 Å². The second-order valence-electron chi connectivity index (χ2n) is 1.83. The third kappa shape index (κ3) is 2.19. The lowest BCUT2D eigenvalue weighted by molar-refractivity contribution is -0.0170. The maximum atomic E-state index is 8.87. The van der Waals surface area contributed by atoms with Crippen LogP contribution in [0.1, 0.15) is 0 Å². The molecule has 56 valence electrons. The fraction of sp³-hybridized carbons (Fsp3) is 0.429. The summed E-state index contributed by atoms with van der Waals surface area (Å²) in [6, 6.07) is 0. The quantitative estimate of drug-likeness (QED) is 0.346. The topological polar surface area (TPSA) is 60.7 Å². The summed E-state index contributed by atoms with van der Waals surface area (Å²) < 4.78 is 0. The summed E-state index contributed by atoms with van der Waals surface area (Å²) in [6.45, 7) is 3.21. The number of hydrogen-bond donors (Lipinski definition) is 3. The van der Waals surface area contributed by atoms with Crippen LogP contribution in [0.15, 0.2) is 12.7 Å². The van der Waals surface area contributed by atoms with Crippen molar-refractivity contribution in [1.29, 1.82) is 0 Å². The van der Waals surface area contributed by atoms with Crippen LogP contribution in [0.4, 0.5) is 0 Å². The van der Waals surface area contributed by atoms with E-state index in [-0.39, 0.29) is 0 Å². The molecule has 0 aliphatic rings. The third-order valence-electron chi connectivity index (χ3n) is 1.09. The van der Waals surface area contributed by atoms with Gasteiger partial charge in [0.05, 0.1) is 0 Å². The fourth-order valence-electron chi connectivity index (χ4n) is 0.425. The minimum absolute atomic E-state index is 1.10. The summed E-state index contributed by atoms with van der Waals surface area (Å²) in [5.41, 5.74) is 0. The van der Waals surface area contributed by atoms with Gasteiger partial charge in [-0.15, -0.1) is 13.0 Å². The number of terminal acetylenes is 1. The van der Waals surface area contributed by atoms with Crippen molar-refractivity contribution in [3.8, 4) is 12.3 Å². The standard InChI is InChI=1S/C7H10O3/c1-3-5(8)7(10)6(9)4-2/h1,4-10H,2H2/t5-,6+,7+/m0/s1. The highest BCUT2D eigenvalue weighted by Gasteiger charge is 2.19. The second-order valence-corrected chi connectivity index (χ2v) is 1.83. The van der Waals surface area contributed by atoms with Crippen molar-refractivity contribution in [1.82, 2.24) is 0 Å². The van der Waals surface area contributed by atoms with Crippen LogP contribution in [-0.2, 0) is 0 Å². The summed E-state index contributed by atoms with van der Waals surface area (Å²) >= 11 is 0. The Morgan fingerprint density at radius 2 is 1.90 bits per heavy atom.